The van der Waals surface area contributed by atoms with E-state index in [1.165, 1.54) is 0 Å². The van der Waals surface area contributed by atoms with Gasteiger partial charge in [-0.25, -0.2) is 0 Å². The van der Waals surface area contributed by atoms with E-state index in [9.17, 15) is 0 Å². The van der Waals surface area contributed by atoms with E-state index < -0.39 is 16.6 Å². The molecule has 0 saturated carbocycles. The maximum Gasteiger partial charge on any atom is 0.412 e. The Balaban J connectivity index is 3.12. The SMILES string of the molecule is C[Si](C)(C)O[Si]O[Si]O[Si]O[Si]O[Si]O[Si](C)(C)C. The van der Waals surface area contributed by atoms with Crippen LogP contribution in [-0.4, -0.2) is 66.7 Å². The summed E-state index contributed by atoms with van der Waals surface area (Å²) in [7, 11) is -3.07. The lowest BCUT2D eigenvalue weighted by Crippen LogP contribution is -2.30. The minimum absolute atomic E-state index is 0.0442. The fourth-order valence-electron chi connectivity index (χ4n) is 0.422. The van der Waals surface area contributed by atoms with Crippen molar-refractivity contribution in [1.29, 1.82) is 0 Å². The Labute approximate surface area is 130 Å². The summed E-state index contributed by atoms with van der Waals surface area (Å²) in [5, 5.41) is 0. The zero-order valence-corrected chi connectivity index (χ0v) is 18.9. The van der Waals surface area contributed by atoms with Gasteiger partial charge in [0.05, 0.1) is 0 Å². The smallest absolute Gasteiger partial charge is 0.412 e. The van der Waals surface area contributed by atoms with E-state index in [0.717, 1.165) is 0 Å². The largest absolute Gasteiger partial charge is 0.435 e. The summed E-state index contributed by atoms with van der Waals surface area (Å²) in [6.07, 6.45) is 0. The van der Waals surface area contributed by atoms with Gasteiger partial charge in [-0.05, 0) is 39.3 Å². The van der Waals surface area contributed by atoms with Crippen LogP contribution >= 0.6 is 0 Å². The molecule has 0 atom stereocenters. The van der Waals surface area contributed by atoms with E-state index in [1.807, 2.05) is 0 Å². The number of hydrogen-bond acceptors (Lipinski definition) is 6. The molecular weight excluding hydrogens is 365 g/mol. The van der Waals surface area contributed by atoms with Gasteiger partial charge in [-0.3, -0.25) is 0 Å². The third-order valence-electron chi connectivity index (χ3n) is 1.03. The molecule has 0 heterocycles. The monoisotopic (exact) mass is 382 g/mol. The minimum atomic E-state index is -1.48. The fraction of sp³-hybridized carbons (Fsp3) is 1.00. The molecule has 10 radical (unpaired) electrons. The molecule has 0 rings (SSSR count). The van der Waals surface area contributed by atoms with Crippen LogP contribution in [0.5, 0.6) is 0 Å². The molecule has 0 aromatic heterocycles. The molecule has 0 aromatic carbocycles. The summed E-state index contributed by atoms with van der Waals surface area (Å²) in [5.74, 6) is 0. The lowest BCUT2D eigenvalue weighted by atomic mass is 11.8. The predicted molar refractivity (Wildman–Crippen MR) is 82.0 cm³/mol. The third kappa shape index (κ3) is 19.3. The van der Waals surface area contributed by atoms with Crippen molar-refractivity contribution in [2.45, 2.75) is 39.3 Å². The van der Waals surface area contributed by atoms with Crippen molar-refractivity contribution in [2.75, 3.05) is 0 Å². The number of hydrogen-bond donors (Lipinski definition) is 0. The second-order valence-electron chi connectivity index (χ2n) is 5.25. The minimum Gasteiger partial charge on any atom is -0.435 e. The maximum atomic E-state index is 5.52. The van der Waals surface area contributed by atoms with Gasteiger partial charge in [-0.2, -0.15) is 0 Å². The Morgan fingerprint density at radius 3 is 1.00 bits per heavy atom. The quantitative estimate of drug-likeness (QED) is 0.360. The lowest BCUT2D eigenvalue weighted by molar-refractivity contribution is 0.374. The summed E-state index contributed by atoms with van der Waals surface area (Å²) in [6.45, 7) is 12.7. The van der Waals surface area contributed by atoms with Crippen molar-refractivity contribution in [1.82, 2.24) is 0 Å². The highest BCUT2D eigenvalue weighted by atomic mass is 28.4. The van der Waals surface area contributed by atoms with Gasteiger partial charge in [0, 0.05) is 0 Å². The predicted octanol–water partition coefficient (Wildman–Crippen LogP) is 0.427. The molecule has 6 nitrogen and oxygen atoms in total. The van der Waals surface area contributed by atoms with Crippen molar-refractivity contribution in [3.8, 4) is 0 Å². The molecule has 19 heavy (non-hydrogen) atoms. The molecular formula is C6H18O6Si7. The van der Waals surface area contributed by atoms with Crippen LogP contribution < -0.4 is 0 Å². The van der Waals surface area contributed by atoms with Gasteiger partial charge >= 0.3 is 50.0 Å². The van der Waals surface area contributed by atoms with E-state index in [4.69, 9.17) is 24.7 Å². The molecule has 0 N–H and O–H groups in total. The topological polar surface area (TPSA) is 55.4 Å². The Kier molecular flexibility index (Phi) is 11.7. The summed E-state index contributed by atoms with van der Waals surface area (Å²) < 4.78 is 31.7. The van der Waals surface area contributed by atoms with Crippen molar-refractivity contribution in [3.05, 3.63) is 0 Å². The van der Waals surface area contributed by atoms with Gasteiger partial charge in [-0.1, -0.05) is 0 Å². The lowest BCUT2D eigenvalue weighted by Gasteiger charge is -2.15. The van der Waals surface area contributed by atoms with Gasteiger partial charge in [0.25, 0.3) is 0 Å². The van der Waals surface area contributed by atoms with Crippen LogP contribution in [0.1, 0.15) is 0 Å². The van der Waals surface area contributed by atoms with Crippen molar-refractivity contribution in [2.24, 2.45) is 0 Å². The molecule has 0 unspecified atom stereocenters. The van der Waals surface area contributed by atoms with Crippen LogP contribution in [0.4, 0.5) is 0 Å². The molecule has 0 fully saturated rings. The van der Waals surface area contributed by atoms with Crippen LogP contribution in [0.3, 0.4) is 0 Å². The molecule has 13 heteroatoms. The molecule has 0 bridgehead atoms. The van der Waals surface area contributed by atoms with Crippen molar-refractivity contribution in [3.63, 3.8) is 0 Å². The zero-order valence-electron chi connectivity index (χ0n) is 11.9. The average Bonchev–Trinajstić information content (AvgIpc) is 2.22. The summed E-state index contributed by atoms with van der Waals surface area (Å²) in [5.41, 5.74) is 0. The summed E-state index contributed by atoms with van der Waals surface area (Å²) in [4.78, 5) is 0. The molecule has 106 valence electrons. The van der Waals surface area contributed by atoms with Gasteiger partial charge in [-0.15, -0.1) is 0 Å². The van der Waals surface area contributed by atoms with Crippen LogP contribution in [0.15, 0.2) is 0 Å². The first kappa shape index (κ1) is 20.3. The average molecular weight is 383 g/mol. The van der Waals surface area contributed by atoms with E-state index in [0.29, 0.717) is 0 Å². The van der Waals surface area contributed by atoms with Crippen LogP contribution in [-0.2, 0) is 24.7 Å². The molecule has 0 aliphatic rings. The zero-order chi connectivity index (χ0) is 14.8. The first-order valence-corrected chi connectivity index (χ1v) is 16.3. The summed E-state index contributed by atoms with van der Waals surface area (Å²) in [6, 6.07) is 0. The van der Waals surface area contributed by atoms with E-state index in [-0.39, 0.29) is 50.0 Å². The van der Waals surface area contributed by atoms with Crippen LogP contribution in [0.25, 0.3) is 0 Å². The van der Waals surface area contributed by atoms with Crippen LogP contribution in [0, 0.1) is 0 Å². The Morgan fingerprint density at radius 2 is 0.737 bits per heavy atom. The Bertz CT molecular complexity index is 197. The summed E-state index contributed by atoms with van der Waals surface area (Å²) >= 11 is 0. The molecule has 0 spiro atoms. The molecule has 0 aliphatic carbocycles. The normalized spacial score (nSPS) is 12.9. The highest BCUT2D eigenvalue weighted by Crippen LogP contribution is 2.00. The van der Waals surface area contributed by atoms with E-state index in [2.05, 4.69) is 39.3 Å². The first-order valence-electron chi connectivity index (χ1n) is 5.45. The van der Waals surface area contributed by atoms with Gasteiger partial charge < -0.3 is 24.7 Å². The van der Waals surface area contributed by atoms with Crippen molar-refractivity contribution < 1.29 is 24.7 Å². The van der Waals surface area contributed by atoms with Crippen LogP contribution in [0.2, 0.25) is 39.3 Å². The van der Waals surface area contributed by atoms with E-state index >= 15 is 0 Å². The first-order chi connectivity index (χ1) is 8.71. The second-order valence-corrected chi connectivity index (χ2v) is 19.4. The number of rotatable bonds is 12. The molecule has 0 amide bonds. The highest BCUT2D eigenvalue weighted by molar-refractivity contribution is 6.74. The van der Waals surface area contributed by atoms with Gasteiger partial charge in [0.2, 0.25) is 0 Å². The van der Waals surface area contributed by atoms with E-state index in [1.54, 1.807) is 0 Å². The molecule has 0 aliphatic heterocycles. The highest BCUT2D eigenvalue weighted by Gasteiger charge is 2.16. The standard InChI is InChI=1S/C6H18O6Si7/c1-18(2,3)11-16-9-14-7-13-8-15-10-17-12-19(4,5)6/h1-6H3. The fourth-order valence-corrected chi connectivity index (χ4v) is 5.67. The molecule has 0 aromatic rings. The van der Waals surface area contributed by atoms with Crippen molar-refractivity contribution >= 4 is 66.7 Å². The molecule has 0 saturated heterocycles. The van der Waals surface area contributed by atoms with Gasteiger partial charge in [0.1, 0.15) is 0 Å². The Morgan fingerprint density at radius 1 is 0.474 bits per heavy atom. The van der Waals surface area contributed by atoms with Gasteiger partial charge in [0.15, 0.2) is 16.6 Å². The Hall–Kier alpha value is 1.28. The maximum absolute atomic E-state index is 5.52. The third-order valence-corrected chi connectivity index (χ3v) is 9.26. The second kappa shape index (κ2) is 10.9.